The Morgan fingerprint density at radius 2 is 1.70 bits per heavy atom. The number of allylic oxidation sites excluding steroid dienone is 2. The molecule has 1 amide bonds. The fraction of sp³-hybridized carbons (Fsp3) is 0.207. The molecule has 4 rings (SSSR count). The third-order valence-electron chi connectivity index (χ3n) is 5.91. The molecule has 0 bridgehead atoms. The van der Waals surface area contributed by atoms with Gasteiger partial charge < -0.3 is 9.73 Å². The Morgan fingerprint density at radius 1 is 1.00 bits per heavy atom. The number of sulfonamides is 1. The van der Waals surface area contributed by atoms with Crippen LogP contribution in [0.15, 0.2) is 82.8 Å². The van der Waals surface area contributed by atoms with Gasteiger partial charge in [0.05, 0.1) is 17.0 Å². The molecule has 4 aromatic rings. The van der Waals surface area contributed by atoms with Gasteiger partial charge in [0, 0.05) is 29.6 Å². The number of rotatable bonds is 9. The number of hydrogen-bond acceptors (Lipinski definition) is 4. The normalized spacial score (nSPS) is 11.4. The monoisotopic (exact) mass is 520 g/mol. The van der Waals surface area contributed by atoms with E-state index in [0.717, 1.165) is 11.1 Å². The third kappa shape index (κ3) is 6.09. The Hall–Kier alpha value is -3.91. The van der Waals surface area contributed by atoms with Gasteiger partial charge in [0.1, 0.15) is 17.2 Å². The molecule has 0 radical (unpaired) electrons. The van der Waals surface area contributed by atoms with Gasteiger partial charge in [0.25, 0.3) is 5.91 Å². The third-order valence-corrected chi connectivity index (χ3v) is 7.27. The molecule has 0 unspecified atom stereocenters. The second-order valence-corrected chi connectivity index (χ2v) is 10.8. The highest BCUT2D eigenvalue weighted by molar-refractivity contribution is 7.92. The minimum Gasteiger partial charge on any atom is -0.455 e. The molecule has 1 heterocycles. The van der Waals surface area contributed by atoms with Crippen molar-refractivity contribution in [3.05, 3.63) is 89.8 Å². The van der Waals surface area contributed by atoms with Crippen molar-refractivity contribution in [2.75, 3.05) is 17.5 Å². The van der Waals surface area contributed by atoms with Crippen molar-refractivity contribution < 1.29 is 22.0 Å². The molecule has 0 aliphatic heterocycles. The topological polar surface area (TPSA) is 88.4 Å². The van der Waals surface area contributed by atoms with Crippen LogP contribution in [0.2, 0.25) is 0 Å². The highest BCUT2D eigenvalue weighted by Crippen LogP contribution is 2.40. The lowest BCUT2D eigenvalue weighted by atomic mass is 9.99. The summed E-state index contributed by atoms with van der Waals surface area (Å²) in [5.41, 5.74) is 4.03. The van der Waals surface area contributed by atoms with E-state index in [9.17, 15) is 17.6 Å². The maximum Gasteiger partial charge on any atom is 0.255 e. The van der Waals surface area contributed by atoms with Gasteiger partial charge in [-0.3, -0.25) is 9.52 Å². The maximum atomic E-state index is 13.6. The quantitative estimate of drug-likeness (QED) is 0.189. The molecular weight excluding hydrogens is 491 g/mol. The van der Waals surface area contributed by atoms with Crippen molar-refractivity contribution in [3.63, 3.8) is 0 Å². The van der Waals surface area contributed by atoms with Crippen LogP contribution in [0, 0.1) is 5.82 Å². The SMILES string of the molecule is CNC(=O)c1c(-c2ccc(F)cc2)oc2cc(NS(=O)(=O)CCCC=C(C)C)c(-c3ccccc3)cc12. The van der Waals surface area contributed by atoms with Gasteiger partial charge in [-0.15, -0.1) is 0 Å². The highest BCUT2D eigenvalue weighted by Gasteiger charge is 2.24. The predicted molar refractivity (Wildman–Crippen MR) is 147 cm³/mol. The molecule has 0 aliphatic rings. The van der Waals surface area contributed by atoms with Crippen LogP contribution in [-0.4, -0.2) is 27.1 Å². The summed E-state index contributed by atoms with van der Waals surface area (Å²) in [6.07, 6.45) is 3.17. The number of hydrogen-bond donors (Lipinski definition) is 2. The number of furan rings is 1. The molecule has 37 heavy (non-hydrogen) atoms. The Labute approximate surface area is 216 Å². The molecule has 6 nitrogen and oxygen atoms in total. The summed E-state index contributed by atoms with van der Waals surface area (Å²) in [6, 6.07) is 18.3. The zero-order valence-electron chi connectivity index (χ0n) is 21.0. The van der Waals surface area contributed by atoms with E-state index < -0.39 is 15.8 Å². The molecule has 0 saturated carbocycles. The number of carbonyl (C=O) groups excluding carboxylic acids is 1. The molecule has 0 aliphatic carbocycles. The Balaban J connectivity index is 1.86. The van der Waals surface area contributed by atoms with E-state index in [-0.39, 0.29) is 23.0 Å². The Kier molecular flexibility index (Phi) is 7.78. The van der Waals surface area contributed by atoms with E-state index in [1.165, 1.54) is 31.3 Å². The molecule has 0 atom stereocenters. The van der Waals surface area contributed by atoms with E-state index >= 15 is 0 Å². The van der Waals surface area contributed by atoms with Gasteiger partial charge in [-0.1, -0.05) is 42.0 Å². The lowest BCUT2D eigenvalue weighted by Crippen LogP contribution is -2.18. The van der Waals surface area contributed by atoms with Crippen LogP contribution in [0.5, 0.6) is 0 Å². The standard InChI is InChI=1S/C29H29FN2O4S/c1-19(2)9-7-8-16-37(34,35)32-25-18-26-24(17-23(25)20-10-5-4-6-11-20)27(29(33)31-3)28(36-26)21-12-14-22(30)15-13-21/h4-6,9-15,17-18,32H,7-8,16H2,1-3H3,(H,31,33). The van der Waals surface area contributed by atoms with Crippen LogP contribution in [0.1, 0.15) is 37.0 Å². The summed E-state index contributed by atoms with van der Waals surface area (Å²) in [4.78, 5) is 12.9. The van der Waals surface area contributed by atoms with Crippen LogP contribution in [0.3, 0.4) is 0 Å². The summed E-state index contributed by atoms with van der Waals surface area (Å²) in [7, 11) is -2.14. The first-order valence-corrected chi connectivity index (χ1v) is 13.6. The first-order valence-electron chi connectivity index (χ1n) is 12.0. The highest BCUT2D eigenvalue weighted by atomic mass is 32.2. The molecule has 0 saturated heterocycles. The van der Waals surface area contributed by atoms with Gasteiger partial charge >= 0.3 is 0 Å². The molecule has 3 aromatic carbocycles. The second kappa shape index (κ2) is 11.0. The van der Waals surface area contributed by atoms with Crippen LogP contribution in [-0.2, 0) is 10.0 Å². The summed E-state index contributed by atoms with van der Waals surface area (Å²) in [5.74, 6) is -0.542. The fourth-order valence-electron chi connectivity index (χ4n) is 4.12. The number of nitrogens with one attached hydrogen (secondary N) is 2. The number of unbranched alkanes of at least 4 members (excludes halogenated alkanes) is 1. The lowest BCUT2D eigenvalue weighted by molar-refractivity contribution is 0.0964. The van der Waals surface area contributed by atoms with Gasteiger partial charge in [-0.2, -0.15) is 0 Å². The lowest BCUT2D eigenvalue weighted by Gasteiger charge is -2.13. The minimum absolute atomic E-state index is 0.0362. The predicted octanol–water partition coefficient (Wildman–Crippen LogP) is 6.75. The van der Waals surface area contributed by atoms with Gasteiger partial charge in [0.2, 0.25) is 10.0 Å². The first-order chi connectivity index (χ1) is 17.7. The molecule has 8 heteroatoms. The van der Waals surface area contributed by atoms with Crippen molar-refractivity contribution in [1.82, 2.24) is 5.32 Å². The summed E-state index contributed by atoms with van der Waals surface area (Å²) >= 11 is 0. The van der Waals surface area contributed by atoms with Crippen molar-refractivity contribution >= 4 is 32.6 Å². The largest absolute Gasteiger partial charge is 0.455 e. The van der Waals surface area contributed by atoms with Crippen LogP contribution in [0.25, 0.3) is 33.4 Å². The second-order valence-electron chi connectivity index (χ2n) is 9.00. The molecular formula is C29H29FN2O4S. The molecule has 0 spiro atoms. The number of amides is 1. The number of fused-ring (bicyclic) bond motifs is 1. The van der Waals surface area contributed by atoms with Crippen LogP contribution < -0.4 is 10.0 Å². The molecule has 1 aromatic heterocycles. The number of carbonyl (C=O) groups is 1. The van der Waals surface area contributed by atoms with Crippen molar-refractivity contribution in [1.29, 1.82) is 0 Å². The number of benzene rings is 3. The summed E-state index contributed by atoms with van der Waals surface area (Å²) in [6.45, 7) is 3.95. The summed E-state index contributed by atoms with van der Waals surface area (Å²) < 4.78 is 48.3. The zero-order valence-corrected chi connectivity index (χ0v) is 21.8. The van der Waals surface area contributed by atoms with Gasteiger partial charge in [-0.05, 0) is 62.6 Å². The average molecular weight is 521 g/mol. The Morgan fingerprint density at radius 3 is 2.35 bits per heavy atom. The first kappa shape index (κ1) is 26.2. The van der Waals surface area contributed by atoms with E-state index in [2.05, 4.69) is 10.0 Å². The van der Waals surface area contributed by atoms with Crippen molar-refractivity contribution in [2.24, 2.45) is 0 Å². The summed E-state index contributed by atoms with van der Waals surface area (Å²) in [5, 5.41) is 3.16. The molecule has 192 valence electrons. The Bertz CT molecular complexity index is 1550. The van der Waals surface area contributed by atoms with Crippen LogP contribution >= 0.6 is 0 Å². The van der Waals surface area contributed by atoms with E-state index in [1.807, 2.05) is 50.3 Å². The number of anilines is 1. The van der Waals surface area contributed by atoms with Gasteiger partial charge in [-0.25, -0.2) is 12.8 Å². The number of halogens is 1. The zero-order chi connectivity index (χ0) is 26.6. The minimum atomic E-state index is -3.65. The maximum absolute atomic E-state index is 13.6. The van der Waals surface area contributed by atoms with E-state index in [1.54, 1.807) is 12.1 Å². The smallest absolute Gasteiger partial charge is 0.255 e. The average Bonchev–Trinajstić information content (AvgIpc) is 3.24. The van der Waals surface area contributed by atoms with Crippen molar-refractivity contribution in [3.8, 4) is 22.5 Å². The van der Waals surface area contributed by atoms with Crippen molar-refractivity contribution in [2.45, 2.75) is 26.7 Å². The molecule has 2 N–H and O–H groups in total. The molecule has 0 fully saturated rings. The van der Waals surface area contributed by atoms with E-state index in [4.69, 9.17) is 4.42 Å². The fourth-order valence-corrected chi connectivity index (χ4v) is 5.27. The van der Waals surface area contributed by atoms with Crippen LogP contribution in [0.4, 0.5) is 10.1 Å². The van der Waals surface area contributed by atoms with Gasteiger partial charge in [0.15, 0.2) is 0 Å². The van der Waals surface area contributed by atoms with E-state index in [0.29, 0.717) is 40.6 Å².